The molecular weight excluding hydrogens is 290 g/mol. The van der Waals surface area contributed by atoms with E-state index in [1.807, 2.05) is 0 Å². The van der Waals surface area contributed by atoms with Gasteiger partial charge in [-0.1, -0.05) is 11.6 Å². The molecule has 0 aliphatic heterocycles. The Balaban J connectivity index is 2.15. The average molecular weight is 298 g/mol. The molecule has 1 N–H and O–H groups in total. The van der Waals surface area contributed by atoms with Gasteiger partial charge < -0.3 is 14.3 Å². The fraction of sp³-hybridized carbons (Fsp3) is 0.0833. The molecule has 0 amide bonds. The molecule has 0 atom stereocenters. The van der Waals surface area contributed by atoms with Gasteiger partial charge in [0, 0.05) is 5.02 Å². The van der Waals surface area contributed by atoms with Crippen molar-refractivity contribution < 1.29 is 24.0 Å². The lowest BCUT2D eigenvalue weighted by atomic mass is 10.2. The minimum atomic E-state index is -1.16. The number of rotatable bonds is 5. The summed E-state index contributed by atoms with van der Waals surface area (Å²) in [5.41, 5.74) is -0.0598. The van der Waals surface area contributed by atoms with E-state index in [0.717, 1.165) is 0 Å². The summed E-state index contributed by atoms with van der Waals surface area (Å²) in [4.78, 5) is 20.8. The van der Waals surface area contributed by atoms with Crippen LogP contribution in [0.4, 0.5) is 5.88 Å². The van der Waals surface area contributed by atoms with Gasteiger partial charge in [0.15, 0.2) is 0 Å². The molecule has 0 saturated heterocycles. The van der Waals surface area contributed by atoms with Gasteiger partial charge in [-0.2, -0.15) is 0 Å². The number of carboxylic acids is 1. The summed E-state index contributed by atoms with van der Waals surface area (Å²) in [6, 6.07) is 6.65. The number of furan rings is 1. The fourth-order valence-corrected chi connectivity index (χ4v) is 1.65. The zero-order valence-corrected chi connectivity index (χ0v) is 10.7. The Hall–Kier alpha value is -2.54. The van der Waals surface area contributed by atoms with Crippen molar-refractivity contribution in [1.29, 1.82) is 0 Å². The van der Waals surface area contributed by atoms with E-state index in [1.165, 1.54) is 30.3 Å². The van der Waals surface area contributed by atoms with Crippen LogP contribution in [0.5, 0.6) is 5.75 Å². The van der Waals surface area contributed by atoms with E-state index in [1.54, 1.807) is 0 Å². The highest BCUT2D eigenvalue weighted by molar-refractivity contribution is 6.30. The van der Waals surface area contributed by atoms with Gasteiger partial charge in [-0.3, -0.25) is 10.1 Å². The van der Waals surface area contributed by atoms with E-state index in [4.69, 9.17) is 25.9 Å². The van der Waals surface area contributed by atoms with Crippen molar-refractivity contribution in [2.24, 2.45) is 0 Å². The van der Waals surface area contributed by atoms with E-state index in [0.29, 0.717) is 5.02 Å². The number of aromatic carboxylic acids is 1. The number of carboxylic acid groups (broad SMARTS) is 1. The largest absolute Gasteiger partial charge is 0.485 e. The van der Waals surface area contributed by atoms with Crippen LogP contribution in [0, 0.1) is 10.1 Å². The number of nitrogens with zero attached hydrogens (tertiary/aromatic N) is 1. The third-order valence-corrected chi connectivity index (χ3v) is 2.61. The summed E-state index contributed by atoms with van der Waals surface area (Å²) >= 11 is 5.76. The number of hydrogen-bond acceptors (Lipinski definition) is 5. The lowest BCUT2D eigenvalue weighted by Gasteiger charge is -2.07. The Morgan fingerprint density at radius 3 is 2.75 bits per heavy atom. The lowest BCUT2D eigenvalue weighted by molar-refractivity contribution is -0.402. The van der Waals surface area contributed by atoms with Crippen LogP contribution in [0.2, 0.25) is 5.02 Å². The first kappa shape index (κ1) is 13.9. The van der Waals surface area contributed by atoms with Crippen LogP contribution in [0.1, 0.15) is 16.1 Å². The van der Waals surface area contributed by atoms with Crippen LogP contribution in [0.15, 0.2) is 34.7 Å². The van der Waals surface area contributed by atoms with Gasteiger partial charge in [0.1, 0.15) is 28.6 Å². The summed E-state index contributed by atoms with van der Waals surface area (Å²) < 4.78 is 10.2. The smallest absolute Gasteiger partial charge is 0.433 e. The number of carbonyl (C=O) groups is 1. The Labute approximate surface area is 117 Å². The Morgan fingerprint density at radius 1 is 1.40 bits per heavy atom. The van der Waals surface area contributed by atoms with E-state index in [-0.39, 0.29) is 23.7 Å². The minimum absolute atomic E-state index is 0.0593. The highest BCUT2D eigenvalue weighted by Crippen LogP contribution is 2.25. The minimum Gasteiger partial charge on any atom is -0.485 e. The van der Waals surface area contributed by atoms with Crippen LogP contribution in [0.3, 0.4) is 0 Å². The zero-order valence-electron chi connectivity index (χ0n) is 9.91. The predicted molar refractivity (Wildman–Crippen MR) is 68.1 cm³/mol. The molecule has 20 heavy (non-hydrogen) atoms. The standard InChI is InChI=1S/C12H8ClNO6/c13-7-1-3-9(12(15)16)10(5-7)19-6-8-2-4-11(20-8)14(17)18/h1-5H,6H2,(H,15,16). The maximum Gasteiger partial charge on any atom is 0.433 e. The third kappa shape index (κ3) is 3.07. The number of nitro groups is 1. The maximum atomic E-state index is 11.0. The molecule has 104 valence electrons. The second-order valence-electron chi connectivity index (χ2n) is 3.73. The Morgan fingerprint density at radius 2 is 2.15 bits per heavy atom. The lowest BCUT2D eigenvalue weighted by Crippen LogP contribution is -2.03. The zero-order chi connectivity index (χ0) is 14.7. The molecule has 0 saturated carbocycles. The van der Waals surface area contributed by atoms with Crippen LogP contribution >= 0.6 is 11.6 Å². The molecule has 2 rings (SSSR count). The molecular formula is C12H8ClNO6. The normalized spacial score (nSPS) is 10.2. The number of ether oxygens (including phenoxy) is 1. The molecule has 2 aromatic rings. The van der Waals surface area contributed by atoms with Crippen molar-refractivity contribution in [2.45, 2.75) is 6.61 Å². The fourth-order valence-electron chi connectivity index (χ4n) is 1.48. The number of hydrogen-bond donors (Lipinski definition) is 1. The van der Waals surface area contributed by atoms with Gasteiger partial charge in [0.05, 0.1) is 6.07 Å². The first-order chi connectivity index (χ1) is 9.47. The van der Waals surface area contributed by atoms with E-state index >= 15 is 0 Å². The van der Waals surface area contributed by atoms with Crippen molar-refractivity contribution in [3.63, 3.8) is 0 Å². The van der Waals surface area contributed by atoms with Crippen molar-refractivity contribution in [3.05, 3.63) is 56.8 Å². The Kier molecular flexibility index (Phi) is 3.90. The first-order valence-electron chi connectivity index (χ1n) is 5.36. The molecule has 8 heteroatoms. The molecule has 0 aliphatic carbocycles. The SMILES string of the molecule is O=C(O)c1ccc(Cl)cc1OCc1ccc([N+](=O)[O-])o1. The second-order valence-corrected chi connectivity index (χ2v) is 4.17. The van der Waals surface area contributed by atoms with Gasteiger partial charge in [0.25, 0.3) is 0 Å². The van der Waals surface area contributed by atoms with Gasteiger partial charge in [-0.05, 0) is 24.3 Å². The Bertz CT molecular complexity index is 666. The van der Waals surface area contributed by atoms with Crippen LogP contribution < -0.4 is 4.74 Å². The molecule has 0 spiro atoms. The van der Waals surface area contributed by atoms with Crippen molar-refractivity contribution in [3.8, 4) is 5.75 Å². The summed E-state index contributed by atoms with van der Waals surface area (Å²) in [6.45, 7) is -0.144. The first-order valence-corrected chi connectivity index (χ1v) is 5.74. The van der Waals surface area contributed by atoms with Gasteiger partial charge in [-0.15, -0.1) is 0 Å². The number of benzene rings is 1. The van der Waals surface area contributed by atoms with Crippen molar-refractivity contribution in [2.75, 3.05) is 0 Å². The highest BCUT2D eigenvalue weighted by Gasteiger charge is 2.15. The second kappa shape index (κ2) is 5.62. The molecule has 1 aromatic carbocycles. The summed E-state index contributed by atoms with van der Waals surface area (Å²) in [6.07, 6.45) is 0. The predicted octanol–water partition coefficient (Wildman–Crippen LogP) is 3.12. The van der Waals surface area contributed by atoms with Gasteiger partial charge >= 0.3 is 11.9 Å². The topological polar surface area (TPSA) is 103 Å². The van der Waals surface area contributed by atoms with Crippen LogP contribution in [-0.4, -0.2) is 16.0 Å². The summed E-state index contributed by atoms with van der Waals surface area (Å²) in [7, 11) is 0. The molecule has 0 bridgehead atoms. The molecule has 7 nitrogen and oxygen atoms in total. The molecule has 1 aromatic heterocycles. The number of halogens is 1. The average Bonchev–Trinajstić information content (AvgIpc) is 2.85. The van der Waals surface area contributed by atoms with Gasteiger partial charge in [0.2, 0.25) is 0 Å². The monoisotopic (exact) mass is 297 g/mol. The van der Waals surface area contributed by atoms with Crippen molar-refractivity contribution in [1.82, 2.24) is 0 Å². The summed E-state index contributed by atoms with van der Waals surface area (Å²) in [5.74, 6) is -1.31. The van der Waals surface area contributed by atoms with E-state index in [2.05, 4.69) is 0 Å². The molecule has 0 unspecified atom stereocenters. The molecule has 1 heterocycles. The maximum absolute atomic E-state index is 11.0. The van der Waals surface area contributed by atoms with E-state index < -0.39 is 16.8 Å². The van der Waals surface area contributed by atoms with Gasteiger partial charge in [-0.25, -0.2) is 4.79 Å². The molecule has 0 aliphatic rings. The van der Waals surface area contributed by atoms with Crippen molar-refractivity contribution >= 4 is 23.5 Å². The van der Waals surface area contributed by atoms with E-state index in [9.17, 15) is 14.9 Å². The summed E-state index contributed by atoms with van der Waals surface area (Å²) in [5, 5.41) is 19.8. The highest BCUT2D eigenvalue weighted by atomic mass is 35.5. The van der Waals surface area contributed by atoms with Crippen LogP contribution in [0.25, 0.3) is 0 Å². The molecule has 0 radical (unpaired) electrons. The molecule has 0 fully saturated rings. The van der Waals surface area contributed by atoms with Crippen LogP contribution in [-0.2, 0) is 6.61 Å². The third-order valence-electron chi connectivity index (χ3n) is 2.37. The quantitative estimate of drug-likeness (QED) is 0.672.